The van der Waals surface area contributed by atoms with Crippen LogP contribution in [0.1, 0.15) is 53.9 Å². The number of hydrogen-bond acceptors (Lipinski definition) is 4. The maximum absolute atomic E-state index is 12.9. The summed E-state index contributed by atoms with van der Waals surface area (Å²) in [4.78, 5) is 20.9. The first-order chi connectivity index (χ1) is 12.6. The van der Waals surface area contributed by atoms with E-state index in [4.69, 9.17) is 0 Å². The summed E-state index contributed by atoms with van der Waals surface area (Å²) in [6.07, 6.45) is 1.67. The van der Waals surface area contributed by atoms with Gasteiger partial charge in [-0.15, -0.1) is 24.8 Å². The Bertz CT molecular complexity index is 903. The Morgan fingerprint density at radius 3 is 2.79 bits per heavy atom. The lowest BCUT2D eigenvalue weighted by atomic mass is 10.0. The minimum absolute atomic E-state index is 0. The fourth-order valence-electron chi connectivity index (χ4n) is 3.49. The number of rotatable bonds is 5. The summed E-state index contributed by atoms with van der Waals surface area (Å²) >= 11 is 0. The van der Waals surface area contributed by atoms with E-state index in [0.717, 1.165) is 47.5 Å². The third kappa shape index (κ3) is 4.48. The van der Waals surface area contributed by atoms with Crippen molar-refractivity contribution in [2.75, 3.05) is 6.54 Å². The van der Waals surface area contributed by atoms with Crippen LogP contribution in [0.5, 0.6) is 0 Å². The first-order valence-electron chi connectivity index (χ1n) is 9.14. The first-order valence-corrected chi connectivity index (χ1v) is 9.14. The molecule has 2 aromatic heterocycles. The number of aromatic amines is 2. The molecule has 7 nitrogen and oxygen atoms in total. The number of imidazole rings is 1. The SMILES string of the molecule is CC(C)CC(NC(=O)c1n[nH]c2c1CNCC2)c1nc2ccccc2[nH]1.Cl.Cl. The Hall–Kier alpha value is -2.09. The quantitative estimate of drug-likeness (QED) is 0.504. The second-order valence-electron chi connectivity index (χ2n) is 7.25. The van der Waals surface area contributed by atoms with Gasteiger partial charge in [-0.3, -0.25) is 9.89 Å². The molecule has 3 aromatic rings. The maximum Gasteiger partial charge on any atom is 0.272 e. The number of nitrogens with one attached hydrogen (secondary N) is 4. The van der Waals surface area contributed by atoms with Crippen LogP contribution in [0.25, 0.3) is 11.0 Å². The zero-order valence-electron chi connectivity index (χ0n) is 15.9. The number of carbonyl (C=O) groups is 1. The van der Waals surface area contributed by atoms with Crippen molar-refractivity contribution in [1.82, 2.24) is 30.8 Å². The molecule has 9 heteroatoms. The fourth-order valence-corrected chi connectivity index (χ4v) is 3.49. The third-order valence-corrected chi connectivity index (χ3v) is 4.77. The number of carbonyl (C=O) groups excluding carboxylic acids is 1. The maximum atomic E-state index is 12.9. The monoisotopic (exact) mass is 424 g/mol. The van der Waals surface area contributed by atoms with Crippen LogP contribution in [0.2, 0.25) is 0 Å². The van der Waals surface area contributed by atoms with Crippen molar-refractivity contribution in [3.63, 3.8) is 0 Å². The average Bonchev–Trinajstić information content (AvgIpc) is 3.25. The normalized spacial score (nSPS) is 14.1. The number of fused-ring (bicyclic) bond motifs is 2. The Labute approximate surface area is 176 Å². The van der Waals surface area contributed by atoms with E-state index >= 15 is 0 Å². The molecule has 0 saturated heterocycles. The molecule has 3 heterocycles. The van der Waals surface area contributed by atoms with Gasteiger partial charge in [0.05, 0.1) is 17.1 Å². The molecule has 1 aliphatic heterocycles. The summed E-state index contributed by atoms with van der Waals surface area (Å²) in [5.41, 5.74) is 4.40. The van der Waals surface area contributed by atoms with E-state index in [-0.39, 0.29) is 36.8 Å². The van der Waals surface area contributed by atoms with E-state index in [1.807, 2.05) is 24.3 Å². The number of aromatic nitrogens is 4. The molecule has 1 atom stereocenters. The molecule has 0 spiro atoms. The van der Waals surface area contributed by atoms with Crippen molar-refractivity contribution in [3.8, 4) is 0 Å². The highest BCUT2D eigenvalue weighted by atomic mass is 35.5. The van der Waals surface area contributed by atoms with Gasteiger partial charge < -0.3 is 15.6 Å². The third-order valence-electron chi connectivity index (χ3n) is 4.77. The minimum Gasteiger partial charge on any atom is -0.341 e. The Morgan fingerprint density at radius 1 is 1.25 bits per heavy atom. The average molecular weight is 425 g/mol. The van der Waals surface area contributed by atoms with Crippen LogP contribution >= 0.6 is 24.8 Å². The van der Waals surface area contributed by atoms with Crippen LogP contribution in [0.4, 0.5) is 0 Å². The Kier molecular flexibility index (Phi) is 7.46. The molecule has 1 aromatic carbocycles. The number of para-hydroxylation sites is 2. The predicted molar refractivity (Wildman–Crippen MR) is 114 cm³/mol. The zero-order chi connectivity index (χ0) is 18.1. The summed E-state index contributed by atoms with van der Waals surface area (Å²) in [6.45, 7) is 5.86. The lowest BCUT2D eigenvalue weighted by Gasteiger charge is -2.19. The first kappa shape index (κ1) is 22.2. The number of hydrogen-bond donors (Lipinski definition) is 4. The van der Waals surface area contributed by atoms with Crippen LogP contribution in [-0.2, 0) is 13.0 Å². The lowest BCUT2D eigenvalue weighted by Crippen LogP contribution is -2.32. The van der Waals surface area contributed by atoms with Crippen molar-refractivity contribution in [3.05, 3.63) is 47.0 Å². The standard InChI is InChI=1S/C19H24N6O.2ClH/c1-11(2)9-16(18-21-14-5-3-4-6-15(14)22-18)23-19(26)17-12-10-20-8-7-13(12)24-25-17;;/h3-6,11,16,20H,7-10H2,1-2H3,(H,21,22)(H,23,26)(H,24,25);2*1H. The molecular weight excluding hydrogens is 399 g/mol. The number of halogens is 2. The van der Waals surface area contributed by atoms with Crippen molar-refractivity contribution >= 4 is 41.8 Å². The van der Waals surface area contributed by atoms with Crippen molar-refractivity contribution < 1.29 is 4.79 Å². The van der Waals surface area contributed by atoms with Gasteiger partial charge in [-0.05, 0) is 24.5 Å². The minimum atomic E-state index is -0.182. The molecule has 1 aliphatic rings. The molecule has 28 heavy (non-hydrogen) atoms. The number of H-pyrrole nitrogens is 2. The van der Waals surface area contributed by atoms with Crippen LogP contribution in [0.15, 0.2) is 24.3 Å². The van der Waals surface area contributed by atoms with Crippen molar-refractivity contribution in [1.29, 1.82) is 0 Å². The van der Waals surface area contributed by atoms with Gasteiger partial charge in [-0.1, -0.05) is 26.0 Å². The lowest BCUT2D eigenvalue weighted by molar-refractivity contribution is 0.0924. The fraction of sp³-hybridized carbons (Fsp3) is 0.421. The summed E-state index contributed by atoms with van der Waals surface area (Å²) in [7, 11) is 0. The second-order valence-corrected chi connectivity index (χ2v) is 7.25. The van der Waals surface area contributed by atoms with Gasteiger partial charge in [0.2, 0.25) is 0 Å². The van der Waals surface area contributed by atoms with E-state index in [0.29, 0.717) is 18.2 Å². The molecule has 4 rings (SSSR count). The smallest absolute Gasteiger partial charge is 0.272 e. The van der Waals surface area contributed by atoms with E-state index in [2.05, 4.69) is 44.6 Å². The van der Waals surface area contributed by atoms with Crippen LogP contribution in [-0.4, -0.2) is 32.6 Å². The second kappa shape index (κ2) is 9.41. The number of benzene rings is 1. The van der Waals surface area contributed by atoms with E-state index in [9.17, 15) is 4.79 Å². The Balaban J connectivity index is 0.00000140. The van der Waals surface area contributed by atoms with Crippen LogP contribution in [0.3, 0.4) is 0 Å². The van der Waals surface area contributed by atoms with Crippen molar-refractivity contribution in [2.24, 2.45) is 5.92 Å². The van der Waals surface area contributed by atoms with Gasteiger partial charge >= 0.3 is 0 Å². The molecule has 0 fully saturated rings. The molecule has 0 aliphatic carbocycles. The van der Waals surface area contributed by atoms with Gasteiger partial charge in [-0.25, -0.2) is 4.98 Å². The van der Waals surface area contributed by atoms with Gasteiger partial charge in [-0.2, -0.15) is 5.10 Å². The highest BCUT2D eigenvalue weighted by Gasteiger charge is 2.25. The molecule has 152 valence electrons. The summed E-state index contributed by atoms with van der Waals surface area (Å²) in [5.74, 6) is 1.05. The summed E-state index contributed by atoms with van der Waals surface area (Å²) in [5, 5.41) is 13.7. The topological polar surface area (TPSA) is 98.5 Å². The van der Waals surface area contributed by atoms with Gasteiger partial charge in [0.25, 0.3) is 5.91 Å². The predicted octanol–water partition coefficient (Wildman–Crippen LogP) is 3.29. The number of amides is 1. The molecule has 1 amide bonds. The highest BCUT2D eigenvalue weighted by molar-refractivity contribution is 5.94. The molecule has 4 N–H and O–H groups in total. The van der Waals surface area contributed by atoms with Crippen LogP contribution < -0.4 is 10.6 Å². The highest BCUT2D eigenvalue weighted by Crippen LogP contribution is 2.23. The Morgan fingerprint density at radius 2 is 2.04 bits per heavy atom. The molecule has 1 unspecified atom stereocenters. The van der Waals surface area contributed by atoms with Gasteiger partial charge in [0, 0.05) is 30.8 Å². The molecule has 0 saturated carbocycles. The van der Waals surface area contributed by atoms with Gasteiger partial charge in [0.1, 0.15) is 5.82 Å². The van der Waals surface area contributed by atoms with Gasteiger partial charge in [0.15, 0.2) is 5.69 Å². The van der Waals surface area contributed by atoms with E-state index in [1.54, 1.807) is 0 Å². The van der Waals surface area contributed by atoms with E-state index < -0.39 is 0 Å². The summed E-state index contributed by atoms with van der Waals surface area (Å²) in [6, 6.07) is 7.73. The van der Waals surface area contributed by atoms with Crippen LogP contribution in [0, 0.1) is 5.92 Å². The van der Waals surface area contributed by atoms with Crippen molar-refractivity contribution in [2.45, 2.75) is 39.3 Å². The summed E-state index contributed by atoms with van der Waals surface area (Å²) < 4.78 is 0. The zero-order valence-corrected chi connectivity index (χ0v) is 17.5. The number of nitrogens with zero attached hydrogens (tertiary/aromatic N) is 2. The molecular formula is C19H26Cl2N6O. The largest absolute Gasteiger partial charge is 0.341 e. The van der Waals surface area contributed by atoms with E-state index in [1.165, 1.54) is 0 Å². The molecule has 0 radical (unpaired) electrons. The molecule has 0 bridgehead atoms.